The fraction of sp³-hybridized carbons (Fsp3) is 0.280. The summed E-state index contributed by atoms with van der Waals surface area (Å²) in [5.74, 6) is 1.57. The van der Waals surface area contributed by atoms with E-state index < -0.39 is 10.0 Å². The summed E-state index contributed by atoms with van der Waals surface area (Å²) in [6.07, 6.45) is 1.36. The molecule has 1 saturated heterocycles. The summed E-state index contributed by atoms with van der Waals surface area (Å²) >= 11 is 1.37. The molecule has 0 saturated carbocycles. The van der Waals surface area contributed by atoms with Crippen molar-refractivity contribution in [3.05, 3.63) is 78.1 Å². The van der Waals surface area contributed by atoms with Crippen molar-refractivity contribution in [1.82, 2.24) is 13.7 Å². The van der Waals surface area contributed by atoms with Crippen molar-refractivity contribution in [2.24, 2.45) is 0 Å². The van der Waals surface area contributed by atoms with Gasteiger partial charge in [-0.05, 0) is 35.6 Å². The van der Waals surface area contributed by atoms with Crippen LogP contribution in [0.1, 0.15) is 17.8 Å². The van der Waals surface area contributed by atoms with Gasteiger partial charge in [-0.25, -0.2) is 13.4 Å². The highest BCUT2D eigenvalue weighted by molar-refractivity contribution is 7.89. The molecule has 0 unspecified atom stereocenters. The zero-order valence-corrected chi connectivity index (χ0v) is 20.6. The Balaban J connectivity index is 1.30. The number of hydrogen-bond donors (Lipinski definition) is 0. The lowest BCUT2D eigenvalue weighted by atomic mass is 10.1. The summed E-state index contributed by atoms with van der Waals surface area (Å²) < 4.78 is 38.5. The van der Waals surface area contributed by atoms with Gasteiger partial charge in [-0.15, -0.1) is 0 Å². The van der Waals surface area contributed by atoms with E-state index in [-0.39, 0.29) is 0 Å². The number of aromatic nitrogens is 2. The van der Waals surface area contributed by atoms with Crippen LogP contribution >= 0.6 is 11.5 Å². The van der Waals surface area contributed by atoms with E-state index in [1.54, 1.807) is 17.5 Å². The van der Waals surface area contributed by atoms with Gasteiger partial charge < -0.3 is 9.64 Å². The lowest BCUT2D eigenvalue weighted by molar-refractivity contribution is 0.414. The molecule has 1 aromatic heterocycles. The molecular weight excluding hydrogens is 468 g/mol. The monoisotopic (exact) mass is 494 g/mol. The van der Waals surface area contributed by atoms with Gasteiger partial charge in [0.05, 0.1) is 12.0 Å². The second kappa shape index (κ2) is 9.69. The van der Waals surface area contributed by atoms with Gasteiger partial charge in [0, 0.05) is 49.5 Å². The third-order valence-corrected chi connectivity index (χ3v) is 8.82. The highest BCUT2D eigenvalue weighted by Gasteiger charge is 2.29. The number of methoxy groups -OCH3 is 1. The molecule has 0 atom stereocenters. The molecule has 0 radical (unpaired) electrons. The minimum Gasteiger partial charge on any atom is -0.497 e. The fourth-order valence-corrected chi connectivity index (χ4v) is 6.72. The van der Waals surface area contributed by atoms with E-state index in [4.69, 9.17) is 9.72 Å². The Morgan fingerprint density at radius 1 is 0.971 bits per heavy atom. The number of rotatable bonds is 6. The number of benzene rings is 3. The van der Waals surface area contributed by atoms with Crippen LogP contribution < -0.4 is 9.64 Å². The first-order valence-corrected chi connectivity index (χ1v) is 13.4. The van der Waals surface area contributed by atoms with Gasteiger partial charge in [0.2, 0.25) is 15.2 Å². The smallest absolute Gasteiger partial charge is 0.243 e. The Morgan fingerprint density at radius 2 is 1.79 bits per heavy atom. The number of nitrogens with zero attached hydrogens (tertiary/aromatic N) is 4. The van der Waals surface area contributed by atoms with Crippen molar-refractivity contribution in [2.75, 3.05) is 38.2 Å². The maximum Gasteiger partial charge on any atom is 0.243 e. The van der Waals surface area contributed by atoms with Crippen molar-refractivity contribution >= 4 is 37.5 Å². The standard InChI is InChI=1S/C25H26N4O3S2/c1-32-21-10-4-7-19(17-21)18-24-26-25(33-27-24)28-13-6-14-29(16-15-28)34(30,31)23-12-5-9-20-8-2-3-11-22(20)23/h2-5,7-12,17H,6,13-16,18H2,1H3. The van der Waals surface area contributed by atoms with Crippen LogP contribution in [0.25, 0.3) is 10.8 Å². The van der Waals surface area contributed by atoms with Crippen LogP contribution in [-0.2, 0) is 16.4 Å². The molecule has 3 aromatic carbocycles. The molecule has 0 bridgehead atoms. The largest absolute Gasteiger partial charge is 0.497 e. The van der Waals surface area contributed by atoms with Gasteiger partial charge in [-0.3, -0.25) is 0 Å². The van der Waals surface area contributed by atoms with Crippen LogP contribution in [0.3, 0.4) is 0 Å². The van der Waals surface area contributed by atoms with Gasteiger partial charge in [0.25, 0.3) is 0 Å². The number of sulfonamides is 1. The normalized spacial score (nSPS) is 15.4. The third-order valence-electron chi connectivity index (χ3n) is 6.05. The van der Waals surface area contributed by atoms with Crippen molar-refractivity contribution in [2.45, 2.75) is 17.7 Å². The molecule has 7 nitrogen and oxygen atoms in total. The van der Waals surface area contributed by atoms with E-state index in [9.17, 15) is 8.42 Å². The lowest BCUT2D eigenvalue weighted by Crippen LogP contribution is -2.35. The number of fused-ring (bicyclic) bond motifs is 1. The zero-order valence-electron chi connectivity index (χ0n) is 18.9. The number of anilines is 1. The molecule has 0 N–H and O–H groups in total. The first-order chi connectivity index (χ1) is 16.5. The van der Waals surface area contributed by atoms with E-state index in [0.717, 1.165) is 46.0 Å². The Labute approximate surface area is 203 Å². The summed E-state index contributed by atoms with van der Waals surface area (Å²) in [6, 6.07) is 21.0. The van der Waals surface area contributed by atoms with E-state index >= 15 is 0 Å². The van der Waals surface area contributed by atoms with Crippen LogP contribution in [0.15, 0.2) is 71.6 Å². The average molecular weight is 495 g/mol. The molecule has 9 heteroatoms. The summed E-state index contributed by atoms with van der Waals surface area (Å²) in [5.41, 5.74) is 1.09. The van der Waals surface area contributed by atoms with Gasteiger partial charge in [0.15, 0.2) is 0 Å². The molecular formula is C25H26N4O3S2. The molecule has 0 aliphatic carbocycles. The lowest BCUT2D eigenvalue weighted by Gasteiger charge is -2.22. The quantitative estimate of drug-likeness (QED) is 0.400. The SMILES string of the molecule is COc1cccc(Cc2nsc(N3CCCN(S(=O)(=O)c4cccc5ccccc45)CC3)n2)c1. The van der Waals surface area contributed by atoms with Gasteiger partial charge >= 0.3 is 0 Å². The van der Waals surface area contributed by atoms with Crippen molar-refractivity contribution in [3.63, 3.8) is 0 Å². The van der Waals surface area contributed by atoms with Crippen molar-refractivity contribution < 1.29 is 13.2 Å². The summed E-state index contributed by atoms with van der Waals surface area (Å²) in [4.78, 5) is 7.25. The minimum absolute atomic E-state index is 0.371. The zero-order chi connectivity index (χ0) is 23.5. The highest BCUT2D eigenvalue weighted by atomic mass is 32.2. The molecule has 0 amide bonds. The minimum atomic E-state index is -3.60. The molecule has 4 aromatic rings. The van der Waals surface area contributed by atoms with Crippen LogP contribution in [-0.4, -0.2) is 55.4 Å². The van der Waals surface area contributed by atoms with Gasteiger partial charge in [0.1, 0.15) is 11.6 Å². The maximum absolute atomic E-state index is 13.5. The maximum atomic E-state index is 13.5. The molecule has 1 fully saturated rings. The molecule has 176 valence electrons. The van der Waals surface area contributed by atoms with Crippen molar-refractivity contribution in [1.29, 1.82) is 0 Å². The second-order valence-electron chi connectivity index (χ2n) is 8.24. The van der Waals surface area contributed by atoms with E-state index in [1.807, 2.05) is 60.7 Å². The highest BCUT2D eigenvalue weighted by Crippen LogP contribution is 2.28. The predicted octanol–water partition coefficient (Wildman–Crippen LogP) is 4.19. The molecule has 5 rings (SSSR count). The summed E-state index contributed by atoms with van der Waals surface area (Å²) in [6.45, 7) is 2.22. The topological polar surface area (TPSA) is 75.6 Å². The molecule has 1 aliphatic heterocycles. The van der Waals surface area contributed by atoms with Crippen LogP contribution in [0.5, 0.6) is 5.75 Å². The fourth-order valence-electron chi connectivity index (χ4n) is 4.30. The summed E-state index contributed by atoms with van der Waals surface area (Å²) in [7, 11) is -1.94. The van der Waals surface area contributed by atoms with Crippen molar-refractivity contribution in [3.8, 4) is 5.75 Å². The Morgan fingerprint density at radius 3 is 2.68 bits per heavy atom. The Hall–Kier alpha value is -3.01. The molecule has 1 aliphatic rings. The Bertz CT molecular complexity index is 1400. The molecule has 0 spiro atoms. The first-order valence-electron chi connectivity index (χ1n) is 11.2. The predicted molar refractivity (Wildman–Crippen MR) is 135 cm³/mol. The van der Waals surface area contributed by atoms with E-state index in [1.165, 1.54) is 11.5 Å². The second-order valence-corrected chi connectivity index (χ2v) is 10.9. The number of hydrogen-bond acceptors (Lipinski definition) is 7. The molecule has 34 heavy (non-hydrogen) atoms. The van der Waals surface area contributed by atoms with Crippen LogP contribution in [0.2, 0.25) is 0 Å². The summed E-state index contributed by atoms with van der Waals surface area (Å²) in [5, 5.41) is 2.53. The number of ether oxygens (including phenoxy) is 1. The Kier molecular flexibility index (Phi) is 6.49. The first kappa shape index (κ1) is 22.8. The average Bonchev–Trinajstić information content (AvgIpc) is 3.17. The van der Waals surface area contributed by atoms with Gasteiger partial charge in [-0.1, -0.05) is 48.5 Å². The van der Waals surface area contributed by atoms with Gasteiger partial charge in [-0.2, -0.15) is 8.68 Å². The molecule has 2 heterocycles. The van der Waals surface area contributed by atoms with E-state index in [0.29, 0.717) is 31.0 Å². The van der Waals surface area contributed by atoms with Crippen LogP contribution in [0, 0.1) is 0 Å². The van der Waals surface area contributed by atoms with Crippen LogP contribution in [0.4, 0.5) is 5.13 Å². The third kappa shape index (κ3) is 4.64. The van der Waals surface area contributed by atoms with E-state index in [2.05, 4.69) is 9.27 Å².